The largest absolute Gasteiger partial charge is 0.351 e. The van der Waals surface area contributed by atoms with Crippen LogP contribution in [0.25, 0.3) is 0 Å². The maximum atomic E-state index is 13.8. The maximum absolute atomic E-state index is 13.8. The van der Waals surface area contributed by atoms with Crippen molar-refractivity contribution in [1.82, 2.24) is 9.78 Å². The molecule has 0 aliphatic rings. The number of primary amides is 1. The molecule has 0 saturated carbocycles. The molecule has 0 radical (unpaired) electrons. The van der Waals surface area contributed by atoms with Gasteiger partial charge < -0.3 is 5.73 Å². The normalized spacial score (nSPS) is 10.5. The lowest BCUT2D eigenvalue weighted by atomic mass is 10.2. The fraction of sp³-hybridized carbons (Fsp3) is 0.154. The van der Waals surface area contributed by atoms with Crippen molar-refractivity contribution in [1.29, 1.82) is 0 Å². The number of rotatable bonds is 2. The molecular formula is C13H12F2N4O2. The van der Waals surface area contributed by atoms with Gasteiger partial charge in [0.2, 0.25) is 0 Å². The van der Waals surface area contributed by atoms with Gasteiger partial charge in [-0.25, -0.2) is 18.5 Å². The summed E-state index contributed by atoms with van der Waals surface area (Å²) in [6.45, 7) is 1.53. The number of hydrogen-bond acceptors (Lipinski definition) is 3. The van der Waals surface area contributed by atoms with Crippen LogP contribution in [0, 0.1) is 18.6 Å². The van der Waals surface area contributed by atoms with E-state index < -0.39 is 29.3 Å². The molecule has 8 heteroatoms. The number of amides is 3. The van der Waals surface area contributed by atoms with Gasteiger partial charge in [-0.3, -0.25) is 9.48 Å². The Balaban J connectivity index is 2.57. The number of aromatic nitrogens is 2. The summed E-state index contributed by atoms with van der Waals surface area (Å²) in [6.07, 6.45) is 1.34. The number of nitrogens with two attached hydrogens (primary N) is 1. The fourth-order valence-corrected chi connectivity index (χ4v) is 1.94. The Hall–Kier alpha value is -2.77. The average Bonchev–Trinajstić information content (AvgIpc) is 2.72. The number of aryl methyl sites for hydroxylation is 2. The van der Waals surface area contributed by atoms with E-state index in [1.807, 2.05) is 0 Å². The first-order valence-corrected chi connectivity index (χ1v) is 5.91. The number of carbonyl (C=O) groups excluding carboxylic acids is 2. The smallest absolute Gasteiger partial charge is 0.326 e. The van der Waals surface area contributed by atoms with Crippen molar-refractivity contribution < 1.29 is 18.4 Å². The Kier molecular flexibility index (Phi) is 3.70. The van der Waals surface area contributed by atoms with E-state index in [-0.39, 0.29) is 10.5 Å². The van der Waals surface area contributed by atoms with Crippen molar-refractivity contribution in [3.63, 3.8) is 0 Å². The Bertz CT molecular complexity index is 707. The van der Waals surface area contributed by atoms with Gasteiger partial charge in [0.25, 0.3) is 5.91 Å². The first-order valence-electron chi connectivity index (χ1n) is 5.91. The van der Waals surface area contributed by atoms with E-state index in [4.69, 9.17) is 5.73 Å². The summed E-state index contributed by atoms with van der Waals surface area (Å²) in [5.74, 6) is -3.08. The van der Waals surface area contributed by atoms with E-state index in [1.165, 1.54) is 17.8 Å². The number of carbonyl (C=O) groups is 2. The summed E-state index contributed by atoms with van der Waals surface area (Å²) < 4.78 is 28.9. The van der Waals surface area contributed by atoms with Crippen LogP contribution in [-0.4, -0.2) is 21.7 Å². The fourth-order valence-electron chi connectivity index (χ4n) is 1.94. The van der Waals surface area contributed by atoms with Crippen molar-refractivity contribution in [3.8, 4) is 0 Å². The topological polar surface area (TPSA) is 81.2 Å². The Morgan fingerprint density at radius 2 is 1.86 bits per heavy atom. The maximum Gasteiger partial charge on any atom is 0.326 e. The summed E-state index contributed by atoms with van der Waals surface area (Å²) >= 11 is 0. The molecule has 0 unspecified atom stereocenters. The predicted molar refractivity (Wildman–Crippen MR) is 70.7 cm³/mol. The van der Waals surface area contributed by atoms with Crippen molar-refractivity contribution in [3.05, 3.63) is 47.3 Å². The van der Waals surface area contributed by atoms with Gasteiger partial charge in [-0.05, 0) is 19.1 Å². The third-order valence-corrected chi connectivity index (χ3v) is 2.83. The second-order valence-corrected chi connectivity index (χ2v) is 4.35. The highest BCUT2D eigenvalue weighted by Crippen LogP contribution is 2.25. The average molecular weight is 294 g/mol. The van der Waals surface area contributed by atoms with Crippen LogP contribution >= 0.6 is 0 Å². The van der Waals surface area contributed by atoms with Crippen molar-refractivity contribution in [2.75, 3.05) is 4.90 Å². The van der Waals surface area contributed by atoms with Gasteiger partial charge in [0.1, 0.15) is 17.3 Å². The zero-order valence-electron chi connectivity index (χ0n) is 11.3. The second-order valence-electron chi connectivity index (χ2n) is 4.35. The molecule has 0 spiro atoms. The van der Waals surface area contributed by atoms with Crippen molar-refractivity contribution in [2.45, 2.75) is 6.92 Å². The lowest BCUT2D eigenvalue weighted by molar-refractivity contribution is 0.0993. The number of urea groups is 1. The Morgan fingerprint density at radius 1 is 1.29 bits per heavy atom. The molecular weight excluding hydrogens is 282 g/mol. The number of hydrogen-bond donors (Lipinski definition) is 1. The number of halogens is 2. The van der Waals surface area contributed by atoms with Gasteiger partial charge in [-0.1, -0.05) is 6.07 Å². The number of para-hydroxylation sites is 1. The van der Waals surface area contributed by atoms with Crippen molar-refractivity contribution >= 4 is 17.6 Å². The number of imide groups is 1. The van der Waals surface area contributed by atoms with Crippen LogP contribution in [0.4, 0.5) is 19.3 Å². The number of anilines is 1. The van der Waals surface area contributed by atoms with E-state index in [1.54, 1.807) is 7.05 Å². The minimum atomic E-state index is -1.28. The van der Waals surface area contributed by atoms with Gasteiger partial charge in [-0.15, -0.1) is 0 Å². The first-order chi connectivity index (χ1) is 9.82. The lowest BCUT2D eigenvalue weighted by Crippen LogP contribution is -2.42. The highest BCUT2D eigenvalue weighted by atomic mass is 19.1. The predicted octanol–water partition coefficient (Wildman–Crippen LogP) is 1.73. The van der Waals surface area contributed by atoms with E-state index in [0.29, 0.717) is 5.69 Å². The molecule has 0 atom stereocenters. The van der Waals surface area contributed by atoms with Gasteiger partial charge in [0.05, 0.1) is 11.3 Å². The summed E-state index contributed by atoms with van der Waals surface area (Å²) in [4.78, 5) is 24.1. The minimum Gasteiger partial charge on any atom is -0.351 e. The van der Waals surface area contributed by atoms with Gasteiger partial charge in [0.15, 0.2) is 0 Å². The minimum absolute atomic E-state index is 0.0268. The molecule has 0 aliphatic heterocycles. The van der Waals surface area contributed by atoms with Crippen LogP contribution < -0.4 is 10.6 Å². The SMILES string of the molecule is Cc1nn(C)cc1C(=O)N(C(N)=O)c1c(F)cccc1F. The van der Waals surface area contributed by atoms with E-state index in [9.17, 15) is 18.4 Å². The van der Waals surface area contributed by atoms with E-state index in [2.05, 4.69) is 5.10 Å². The molecule has 0 fully saturated rings. The highest BCUT2D eigenvalue weighted by molar-refractivity contribution is 6.20. The van der Waals surface area contributed by atoms with E-state index >= 15 is 0 Å². The molecule has 0 aliphatic carbocycles. The summed E-state index contributed by atoms with van der Waals surface area (Å²) in [5, 5.41) is 3.94. The van der Waals surface area contributed by atoms with Crippen LogP contribution in [0.1, 0.15) is 16.1 Å². The molecule has 2 N–H and O–H groups in total. The quantitative estimate of drug-likeness (QED) is 0.915. The molecule has 110 valence electrons. The standard InChI is InChI=1S/C13H12F2N4O2/c1-7-8(6-18(2)17-7)12(20)19(13(16)21)11-9(14)4-3-5-10(11)15/h3-6H,1-2H3,(H2,16,21). The molecule has 2 aromatic rings. The Labute approximate surface area is 118 Å². The molecule has 21 heavy (non-hydrogen) atoms. The molecule has 0 bridgehead atoms. The lowest BCUT2D eigenvalue weighted by Gasteiger charge is -2.19. The molecule has 1 aromatic heterocycles. The first kappa shape index (κ1) is 14.6. The third kappa shape index (κ3) is 2.60. The molecule has 3 amide bonds. The number of benzene rings is 1. The van der Waals surface area contributed by atoms with Crippen molar-refractivity contribution in [2.24, 2.45) is 12.8 Å². The van der Waals surface area contributed by atoms with Crippen LogP contribution in [0.3, 0.4) is 0 Å². The molecule has 0 saturated heterocycles. The third-order valence-electron chi connectivity index (χ3n) is 2.83. The number of nitrogens with zero attached hydrogens (tertiary/aromatic N) is 3. The van der Waals surface area contributed by atoms with Crippen LogP contribution in [-0.2, 0) is 7.05 Å². The van der Waals surface area contributed by atoms with Gasteiger partial charge in [0, 0.05) is 13.2 Å². The van der Waals surface area contributed by atoms with Crippen LogP contribution in [0.15, 0.2) is 24.4 Å². The van der Waals surface area contributed by atoms with E-state index in [0.717, 1.165) is 18.2 Å². The second kappa shape index (κ2) is 5.31. The molecule has 2 rings (SSSR count). The summed E-state index contributed by atoms with van der Waals surface area (Å²) in [5.41, 5.74) is 4.64. The Morgan fingerprint density at radius 3 is 2.29 bits per heavy atom. The highest BCUT2D eigenvalue weighted by Gasteiger charge is 2.30. The van der Waals surface area contributed by atoms with Crippen LogP contribution in [0.5, 0.6) is 0 Å². The van der Waals surface area contributed by atoms with Crippen LogP contribution in [0.2, 0.25) is 0 Å². The van der Waals surface area contributed by atoms with Gasteiger partial charge in [-0.2, -0.15) is 5.10 Å². The zero-order valence-corrected chi connectivity index (χ0v) is 11.3. The zero-order chi connectivity index (χ0) is 15.7. The summed E-state index contributed by atoms with van der Waals surface area (Å²) in [7, 11) is 1.57. The monoisotopic (exact) mass is 294 g/mol. The van der Waals surface area contributed by atoms with Gasteiger partial charge >= 0.3 is 6.03 Å². The molecule has 1 aromatic carbocycles. The molecule has 6 nitrogen and oxygen atoms in total. The summed E-state index contributed by atoms with van der Waals surface area (Å²) in [6, 6.07) is 1.69. The molecule has 1 heterocycles.